The van der Waals surface area contributed by atoms with E-state index in [1.54, 1.807) is 0 Å². The van der Waals surface area contributed by atoms with Crippen molar-refractivity contribution in [1.82, 2.24) is 4.90 Å². The van der Waals surface area contributed by atoms with Crippen LogP contribution in [0.3, 0.4) is 0 Å². The molecule has 110 valence electrons. The first-order chi connectivity index (χ1) is 9.47. The van der Waals surface area contributed by atoms with Gasteiger partial charge in [0.05, 0.1) is 18.6 Å². The van der Waals surface area contributed by atoms with Gasteiger partial charge in [-0.15, -0.1) is 0 Å². The van der Waals surface area contributed by atoms with Gasteiger partial charge in [-0.05, 0) is 44.9 Å². The highest BCUT2D eigenvalue weighted by Crippen LogP contribution is 2.23. The highest BCUT2D eigenvalue weighted by Gasteiger charge is 2.32. The normalized spacial score (nSPS) is 22.2. The summed E-state index contributed by atoms with van der Waals surface area (Å²) in [6.07, 6.45) is 1.01. The zero-order valence-corrected chi connectivity index (χ0v) is 12.5. The molecule has 1 aromatic rings. The van der Waals surface area contributed by atoms with Gasteiger partial charge in [0.1, 0.15) is 0 Å². The van der Waals surface area contributed by atoms with E-state index in [4.69, 9.17) is 10.5 Å². The molecular formula is C16H24N2O2. The number of benzene rings is 1. The van der Waals surface area contributed by atoms with Crippen LogP contribution in [0.5, 0.6) is 0 Å². The second-order valence-corrected chi connectivity index (χ2v) is 5.88. The molecule has 0 bridgehead atoms. The number of anilines is 1. The van der Waals surface area contributed by atoms with Gasteiger partial charge in [-0.25, -0.2) is 0 Å². The van der Waals surface area contributed by atoms with Crippen molar-refractivity contribution >= 4 is 11.6 Å². The Balaban J connectivity index is 2.06. The molecule has 0 spiro atoms. The number of hydrogen-bond acceptors (Lipinski definition) is 3. The second kappa shape index (κ2) is 6.27. The number of carbonyl (C=O) groups excluding carboxylic acids is 1. The zero-order chi connectivity index (χ0) is 14.7. The number of hydrogen-bond donors (Lipinski definition) is 1. The lowest BCUT2D eigenvalue weighted by molar-refractivity contribution is -0.137. The summed E-state index contributed by atoms with van der Waals surface area (Å²) in [7, 11) is 0. The maximum Gasteiger partial charge on any atom is 0.228 e. The third-order valence-corrected chi connectivity index (χ3v) is 3.79. The second-order valence-electron chi connectivity index (χ2n) is 5.88. The number of nitrogens with two attached hydrogens (primary N) is 1. The quantitative estimate of drug-likeness (QED) is 0.859. The fourth-order valence-corrected chi connectivity index (χ4v) is 2.56. The Morgan fingerprint density at radius 2 is 2.05 bits per heavy atom. The number of rotatable bonds is 4. The molecule has 4 heteroatoms. The minimum atomic E-state index is 0.00109. The highest BCUT2D eigenvalue weighted by atomic mass is 16.5. The summed E-state index contributed by atoms with van der Waals surface area (Å²) >= 11 is 0. The lowest BCUT2D eigenvalue weighted by Gasteiger charge is -2.29. The molecule has 2 rings (SSSR count). The molecule has 1 aromatic carbocycles. The molecule has 0 saturated carbocycles. The first kappa shape index (κ1) is 14.9. The van der Waals surface area contributed by atoms with E-state index in [2.05, 4.69) is 13.8 Å². The molecular weight excluding hydrogens is 252 g/mol. The molecule has 1 aliphatic heterocycles. The standard InChI is InChI=1S/C16H24N2O2/c1-11(2)18(9-13-4-6-15(17)7-5-13)16(19)14-8-12(3)20-10-14/h4-7,11-12,14H,8-10,17H2,1-3H3. The van der Waals surface area contributed by atoms with Crippen LogP contribution >= 0.6 is 0 Å². The Morgan fingerprint density at radius 3 is 2.55 bits per heavy atom. The molecule has 1 saturated heterocycles. The van der Waals surface area contributed by atoms with E-state index in [0.717, 1.165) is 17.7 Å². The van der Waals surface area contributed by atoms with Crippen molar-refractivity contribution in [2.75, 3.05) is 12.3 Å². The van der Waals surface area contributed by atoms with E-state index in [9.17, 15) is 4.79 Å². The lowest BCUT2D eigenvalue weighted by atomic mass is 10.0. The average molecular weight is 276 g/mol. The van der Waals surface area contributed by atoms with Crippen molar-refractivity contribution < 1.29 is 9.53 Å². The predicted octanol–water partition coefficient (Wildman–Crippen LogP) is 2.43. The van der Waals surface area contributed by atoms with Gasteiger partial charge in [0.15, 0.2) is 0 Å². The third kappa shape index (κ3) is 3.51. The molecule has 1 amide bonds. The molecule has 2 atom stereocenters. The molecule has 1 fully saturated rings. The van der Waals surface area contributed by atoms with E-state index in [1.807, 2.05) is 36.1 Å². The zero-order valence-electron chi connectivity index (χ0n) is 12.5. The van der Waals surface area contributed by atoms with E-state index >= 15 is 0 Å². The summed E-state index contributed by atoms with van der Waals surface area (Å²) in [5, 5.41) is 0. The van der Waals surface area contributed by atoms with Crippen molar-refractivity contribution in [2.45, 2.75) is 45.9 Å². The molecule has 0 aliphatic carbocycles. The van der Waals surface area contributed by atoms with Gasteiger partial charge in [0.25, 0.3) is 0 Å². The van der Waals surface area contributed by atoms with Crippen LogP contribution in [0.4, 0.5) is 5.69 Å². The van der Waals surface area contributed by atoms with Crippen LogP contribution in [0.15, 0.2) is 24.3 Å². The number of carbonyl (C=O) groups is 1. The van der Waals surface area contributed by atoms with Crippen molar-refractivity contribution in [1.29, 1.82) is 0 Å². The van der Waals surface area contributed by atoms with E-state index < -0.39 is 0 Å². The average Bonchev–Trinajstić information content (AvgIpc) is 2.83. The van der Waals surface area contributed by atoms with E-state index in [0.29, 0.717) is 13.2 Å². The molecule has 1 aliphatic rings. The van der Waals surface area contributed by atoms with Gasteiger partial charge in [-0.3, -0.25) is 4.79 Å². The summed E-state index contributed by atoms with van der Waals surface area (Å²) < 4.78 is 5.52. The van der Waals surface area contributed by atoms with Crippen molar-refractivity contribution in [2.24, 2.45) is 5.92 Å². The summed E-state index contributed by atoms with van der Waals surface area (Å²) in [6, 6.07) is 7.88. The smallest absolute Gasteiger partial charge is 0.228 e. The Labute approximate surface area is 120 Å². The van der Waals surface area contributed by atoms with Crippen LogP contribution in [0.1, 0.15) is 32.8 Å². The minimum absolute atomic E-state index is 0.00109. The SMILES string of the molecule is CC1CC(C(=O)N(Cc2ccc(N)cc2)C(C)C)CO1. The summed E-state index contributed by atoms with van der Waals surface area (Å²) in [5.74, 6) is 0.197. The van der Waals surface area contributed by atoms with Gasteiger partial charge < -0.3 is 15.4 Å². The predicted molar refractivity (Wildman–Crippen MR) is 80.1 cm³/mol. The molecule has 0 radical (unpaired) electrons. The number of amides is 1. The molecule has 2 unspecified atom stereocenters. The largest absolute Gasteiger partial charge is 0.399 e. The first-order valence-electron chi connectivity index (χ1n) is 7.24. The van der Waals surface area contributed by atoms with Crippen LogP contribution in [-0.2, 0) is 16.1 Å². The van der Waals surface area contributed by atoms with Gasteiger partial charge in [0, 0.05) is 18.3 Å². The van der Waals surface area contributed by atoms with Crippen molar-refractivity contribution in [3.63, 3.8) is 0 Å². The van der Waals surface area contributed by atoms with Crippen LogP contribution in [0, 0.1) is 5.92 Å². The molecule has 0 aromatic heterocycles. The summed E-state index contributed by atoms with van der Waals surface area (Å²) in [4.78, 5) is 14.6. The topological polar surface area (TPSA) is 55.6 Å². The van der Waals surface area contributed by atoms with E-state index in [1.165, 1.54) is 0 Å². The monoisotopic (exact) mass is 276 g/mol. The Bertz CT molecular complexity index is 456. The molecule has 4 nitrogen and oxygen atoms in total. The van der Waals surface area contributed by atoms with Gasteiger partial charge >= 0.3 is 0 Å². The Hall–Kier alpha value is -1.55. The van der Waals surface area contributed by atoms with Crippen LogP contribution < -0.4 is 5.73 Å². The van der Waals surface area contributed by atoms with Crippen molar-refractivity contribution in [3.8, 4) is 0 Å². The summed E-state index contributed by atoms with van der Waals surface area (Å²) in [6.45, 7) is 7.29. The fourth-order valence-electron chi connectivity index (χ4n) is 2.56. The van der Waals surface area contributed by atoms with Crippen molar-refractivity contribution in [3.05, 3.63) is 29.8 Å². The molecule has 2 N–H and O–H groups in total. The van der Waals surface area contributed by atoms with Crippen LogP contribution in [-0.4, -0.2) is 29.6 Å². The van der Waals surface area contributed by atoms with Gasteiger partial charge in [-0.1, -0.05) is 12.1 Å². The third-order valence-electron chi connectivity index (χ3n) is 3.79. The minimum Gasteiger partial charge on any atom is -0.399 e. The highest BCUT2D eigenvalue weighted by molar-refractivity contribution is 5.79. The van der Waals surface area contributed by atoms with E-state index in [-0.39, 0.29) is 24.0 Å². The molecule has 20 heavy (non-hydrogen) atoms. The number of nitrogen functional groups attached to an aromatic ring is 1. The maximum atomic E-state index is 12.6. The summed E-state index contributed by atoms with van der Waals surface area (Å²) in [5.41, 5.74) is 7.54. The van der Waals surface area contributed by atoms with Gasteiger partial charge in [0.2, 0.25) is 5.91 Å². The van der Waals surface area contributed by atoms with Crippen LogP contribution in [0.25, 0.3) is 0 Å². The lowest BCUT2D eigenvalue weighted by Crippen LogP contribution is -2.40. The van der Waals surface area contributed by atoms with Crippen LogP contribution in [0.2, 0.25) is 0 Å². The fraction of sp³-hybridized carbons (Fsp3) is 0.562. The Kier molecular flexibility index (Phi) is 4.65. The first-order valence-corrected chi connectivity index (χ1v) is 7.24. The Morgan fingerprint density at radius 1 is 1.40 bits per heavy atom. The number of ether oxygens (including phenoxy) is 1. The molecule has 1 heterocycles. The maximum absolute atomic E-state index is 12.6. The number of nitrogens with zero attached hydrogens (tertiary/aromatic N) is 1. The van der Waals surface area contributed by atoms with Gasteiger partial charge in [-0.2, -0.15) is 0 Å².